The summed E-state index contributed by atoms with van der Waals surface area (Å²) in [5.41, 5.74) is 8.89. The molecular formula is C27H41N3O3. The van der Waals surface area contributed by atoms with Crippen LogP contribution in [0.2, 0.25) is 0 Å². The Morgan fingerprint density at radius 2 is 1.85 bits per heavy atom. The number of guanidine groups is 1. The van der Waals surface area contributed by atoms with Crippen molar-refractivity contribution >= 4 is 11.9 Å². The Bertz CT molecular complexity index is 873. The quantitative estimate of drug-likeness (QED) is 0.574. The fourth-order valence-corrected chi connectivity index (χ4v) is 5.66. The third-order valence-corrected chi connectivity index (χ3v) is 7.94. The van der Waals surface area contributed by atoms with Gasteiger partial charge in [0.1, 0.15) is 0 Å². The lowest BCUT2D eigenvalue weighted by Gasteiger charge is -2.31. The SMILES string of the molecule is COCC(C)N1C(=O)[C@](C)(c2cc(CCC3CC3)ccc2CC2CCC(OC)CC2)N=C1N. The second kappa shape index (κ2) is 10.1. The molecule has 2 aliphatic carbocycles. The van der Waals surface area contributed by atoms with Crippen LogP contribution in [0.1, 0.15) is 75.5 Å². The highest BCUT2D eigenvalue weighted by Crippen LogP contribution is 2.39. The van der Waals surface area contributed by atoms with Crippen LogP contribution in [0.15, 0.2) is 23.2 Å². The summed E-state index contributed by atoms with van der Waals surface area (Å²) in [7, 11) is 3.46. The molecule has 0 bridgehead atoms. The smallest absolute Gasteiger partial charge is 0.261 e. The van der Waals surface area contributed by atoms with Crippen molar-refractivity contribution in [1.82, 2.24) is 4.90 Å². The third kappa shape index (κ3) is 5.27. The average molecular weight is 456 g/mol. The monoisotopic (exact) mass is 455 g/mol. The molecule has 0 radical (unpaired) electrons. The number of aliphatic imine (C=N–C) groups is 1. The van der Waals surface area contributed by atoms with E-state index in [2.05, 4.69) is 18.2 Å². The highest BCUT2D eigenvalue weighted by atomic mass is 16.5. The van der Waals surface area contributed by atoms with Gasteiger partial charge in [-0.2, -0.15) is 0 Å². The van der Waals surface area contributed by atoms with Crippen molar-refractivity contribution in [1.29, 1.82) is 0 Å². The van der Waals surface area contributed by atoms with E-state index in [1.165, 1.54) is 30.4 Å². The van der Waals surface area contributed by atoms with Crippen LogP contribution in [0.3, 0.4) is 0 Å². The summed E-state index contributed by atoms with van der Waals surface area (Å²) in [6, 6.07) is 6.62. The number of nitrogens with zero attached hydrogens (tertiary/aromatic N) is 2. The molecule has 2 fully saturated rings. The van der Waals surface area contributed by atoms with E-state index < -0.39 is 5.54 Å². The molecule has 1 unspecified atom stereocenters. The lowest BCUT2D eigenvalue weighted by Crippen LogP contribution is -2.48. The van der Waals surface area contributed by atoms with Crippen LogP contribution >= 0.6 is 0 Å². The van der Waals surface area contributed by atoms with Crippen molar-refractivity contribution in [3.05, 3.63) is 34.9 Å². The maximum absolute atomic E-state index is 13.7. The van der Waals surface area contributed by atoms with Crippen LogP contribution < -0.4 is 5.73 Å². The molecule has 6 nitrogen and oxygen atoms in total. The number of carbonyl (C=O) groups is 1. The van der Waals surface area contributed by atoms with Crippen LogP contribution in [-0.4, -0.2) is 49.7 Å². The second-order valence-corrected chi connectivity index (χ2v) is 10.6. The predicted molar refractivity (Wildman–Crippen MR) is 131 cm³/mol. The summed E-state index contributed by atoms with van der Waals surface area (Å²) in [5, 5.41) is 0. The lowest BCUT2D eigenvalue weighted by molar-refractivity contribution is -0.133. The van der Waals surface area contributed by atoms with E-state index in [0.29, 0.717) is 24.6 Å². The van der Waals surface area contributed by atoms with E-state index in [0.717, 1.165) is 50.0 Å². The Labute approximate surface area is 198 Å². The van der Waals surface area contributed by atoms with E-state index in [4.69, 9.17) is 20.2 Å². The topological polar surface area (TPSA) is 77.1 Å². The van der Waals surface area contributed by atoms with Gasteiger partial charge in [0, 0.05) is 14.2 Å². The maximum Gasteiger partial charge on any atom is 0.261 e. The Balaban J connectivity index is 1.62. The molecule has 4 rings (SSSR count). The van der Waals surface area contributed by atoms with Gasteiger partial charge < -0.3 is 15.2 Å². The number of rotatable bonds is 10. The molecule has 1 heterocycles. The molecule has 1 amide bonds. The van der Waals surface area contributed by atoms with Gasteiger partial charge in [-0.3, -0.25) is 9.69 Å². The number of methoxy groups -OCH3 is 2. The normalized spacial score (nSPS) is 28.8. The van der Waals surface area contributed by atoms with Gasteiger partial charge in [-0.05, 0) is 87.3 Å². The lowest BCUT2D eigenvalue weighted by atomic mass is 9.79. The van der Waals surface area contributed by atoms with Crippen LogP contribution in [0, 0.1) is 11.8 Å². The van der Waals surface area contributed by atoms with Crippen molar-refractivity contribution in [2.45, 2.75) is 89.3 Å². The van der Waals surface area contributed by atoms with Crippen molar-refractivity contribution in [2.24, 2.45) is 22.6 Å². The van der Waals surface area contributed by atoms with E-state index in [1.807, 2.05) is 21.0 Å². The number of aryl methyl sites for hydroxylation is 1. The highest BCUT2D eigenvalue weighted by molar-refractivity contribution is 6.07. The van der Waals surface area contributed by atoms with Gasteiger partial charge in [-0.1, -0.05) is 31.0 Å². The Morgan fingerprint density at radius 3 is 2.48 bits per heavy atom. The molecule has 33 heavy (non-hydrogen) atoms. The molecule has 1 aromatic rings. The minimum absolute atomic E-state index is 0.0479. The Hall–Kier alpha value is -1.92. The van der Waals surface area contributed by atoms with Gasteiger partial charge in [-0.25, -0.2) is 4.99 Å². The fourth-order valence-electron chi connectivity index (χ4n) is 5.66. The molecule has 2 N–H and O–H groups in total. The fraction of sp³-hybridized carbons (Fsp3) is 0.704. The first-order valence-corrected chi connectivity index (χ1v) is 12.7. The highest BCUT2D eigenvalue weighted by Gasteiger charge is 2.48. The van der Waals surface area contributed by atoms with Gasteiger partial charge in [0.25, 0.3) is 5.91 Å². The van der Waals surface area contributed by atoms with Crippen molar-refractivity contribution < 1.29 is 14.3 Å². The summed E-state index contributed by atoms with van der Waals surface area (Å²) in [4.78, 5) is 20.1. The zero-order valence-electron chi connectivity index (χ0n) is 20.8. The van der Waals surface area contributed by atoms with Crippen LogP contribution in [0.4, 0.5) is 0 Å². The van der Waals surface area contributed by atoms with E-state index in [-0.39, 0.29) is 11.9 Å². The maximum atomic E-state index is 13.7. The summed E-state index contributed by atoms with van der Waals surface area (Å²) < 4.78 is 10.9. The molecule has 2 saturated carbocycles. The Kier molecular flexibility index (Phi) is 7.44. The minimum atomic E-state index is -0.985. The number of hydrogen-bond acceptors (Lipinski definition) is 5. The van der Waals surface area contributed by atoms with Crippen LogP contribution in [0.25, 0.3) is 0 Å². The summed E-state index contributed by atoms with van der Waals surface area (Å²) in [6.45, 7) is 4.32. The standard InChI is InChI=1S/C27H41N3O3/c1-18(17-32-3)30-25(31)27(2,29-26(30)28)24-16-21(8-7-19-5-6-19)9-12-22(24)15-20-10-13-23(33-4)14-11-20/h9,12,16,18-20,23H,5-8,10-11,13-15,17H2,1-4H3,(H2,28,29)/t18?,20?,23?,27-/m0/s1. The first-order chi connectivity index (χ1) is 15.9. The number of ether oxygens (including phenoxy) is 2. The number of hydrogen-bond donors (Lipinski definition) is 1. The van der Waals surface area contributed by atoms with Crippen LogP contribution in [0.5, 0.6) is 0 Å². The second-order valence-electron chi connectivity index (χ2n) is 10.6. The van der Waals surface area contributed by atoms with Gasteiger partial charge in [-0.15, -0.1) is 0 Å². The molecule has 0 aromatic heterocycles. The zero-order valence-corrected chi connectivity index (χ0v) is 20.8. The average Bonchev–Trinajstić information content (AvgIpc) is 3.60. The molecule has 0 saturated heterocycles. The summed E-state index contributed by atoms with van der Waals surface area (Å²) in [5.74, 6) is 1.74. The van der Waals surface area contributed by atoms with Gasteiger partial charge in [0.15, 0.2) is 11.5 Å². The summed E-state index contributed by atoms with van der Waals surface area (Å²) >= 11 is 0. The first-order valence-electron chi connectivity index (χ1n) is 12.7. The van der Waals surface area contributed by atoms with Gasteiger partial charge in [0.2, 0.25) is 0 Å². The molecule has 0 spiro atoms. The molecule has 1 aromatic carbocycles. The van der Waals surface area contributed by atoms with E-state index in [1.54, 1.807) is 12.0 Å². The van der Waals surface area contributed by atoms with Gasteiger partial charge >= 0.3 is 0 Å². The minimum Gasteiger partial charge on any atom is -0.383 e. The molecule has 3 aliphatic rings. The number of carbonyl (C=O) groups excluding carboxylic acids is 1. The zero-order chi connectivity index (χ0) is 23.6. The number of nitrogens with two attached hydrogens (primary N) is 1. The van der Waals surface area contributed by atoms with E-state index in [9.17, 15) is 4.79 Å². The molecule has 6 heteroatoms. The molecule has 1 aliphatic heterocycles. The van der Waals surface area contributed by atoms with E-state index >= 15 is 0 Å². The number of amides is 1. The molecular weight excluding hydrogens is 414 g/mol. The van der Waals surface area contributed by atoms with Crippen molar-refractivity contribution in [3.8, 4) is 0 Å². The predicted octanol–water partition coefficient (Wildman–Crippen LogP) is 4.18. The van der Waals surface area contributed by atoms with Gasteiger partial charge in [0.05, 0.1) is 18.8 Å². The van der Waals surface area contributed by atoms with Crippen molar-refractivity contribution in [2.75, 3.05) is 20.8 Å². The molecule has 182 valence electrons. The summed E-state index contributed by atoms with van der Waals surface area (Å²) in [6.07, 6.45) is 10.9. The third-order valence-electron chi connectivity index (χ3n) is 7.94. The van der Waals surface area contributed by atoms with Crippen LogP contribution in [-0.2, 0) is 32.6 Å². The molecule has 2 atom stereocenters. The van der Waals surface area contributed by atoms with Crippen molar-refractivity contribution in [3.63, 3.8) is 0 Å². The largest absolute Gasteiger partial charge is 0.383 e. The first kappa shape index (κ1) is 24.2. The number of benzene rings is 1. The Morgan fingerprint density at radius 1 is 1.15 bits per heavy atom.